The number of carbonyl (C=O) groups is 1. The molecule has 4 heteroatoms. The van der Waals surface area contributed by atoms with Crippen molar-refractivity contribution < 1.29 is 14.6 Å². The number of nitrogens with zero attached hydrogens (tertiary/aromatic N) is 1. The molecule has 1 aromatic carbocycles. The molecule has 1 saturated heterocycles. The molecule has 17 heavy (non-hydrogen) atoms. The second-order valence-electron chi connectivity index (χ2n) is 4.35. The van der Waals surface area contributed by atoms with E-state index in [0.717, 1.165) is 25.2 Å². The molecule has 0 aliphatic carbocycles. The molecule has 1 atom stereocenters. The summed E-state index contributed by atoms with van der Waals surface area (Å²) in [6, 6.07) is 5.19. The van der Waals surface area contributed by atoms with Crippen molar-refractivity contribution in [1.29, 1.82) is 0 Å². The Morgan fingerprint density at radius 3 is 2.82 bits per heavy atom. The van der Waals surface area contributed by atoms with E-state index < -0.39 is 0 Å². The molecule has 1 aliphatic heterocycles. The molecule has 0 saturated carbocycles. The van der Waals surface area contributed by atoms with Crippen LogP contribution < -0.4 is 4.90 Å². The maximum atomic E-state index is 11.2. The van der Waals surface area contributed by atoms with Gasteiger partial charge in [0.05, 0.1) is 11.7 Å². The largest absolute Gasteiger partial charge is 0.507 e. The first kappa shape index (κ1) is 11.9. The number of anilines is 1. The van der Waals surface area contributed by atoms with Gasteiger partial charge in [0.25, 0.3) is 0 Å². The maximum absolute atomic E-state index is 11.2. The summed E-state index contributed by atoms with van der Waals surface area (Å²) in [6.45, 7) is 3.19. The van der Waals surface area contributed by atoms with Crippen molar-refractivity contribution in [2.24, 2.45) is 0 Å². The third-order valence-corrected chi connectivity index (χ3v) is 3.20. The zero-order valence-electron chi connectivity index (χ0n) is 10.1. The van der Waals surface area contributed by atoms with E-state index in [1.807, 2.05) is 6.07 Å². The summed E-state index contributed by atoms with van der Waals surface area (Å²) in [5, 5.41) is 9.77. The zero-order valence-corrected chi connectivity index (χ0v) is 10.1. The van der Waals surface area contributed by atoms with Crippen molar-refractivity contribution in [3.05, 3.63) is 23.8 Å². The van der Waals surface area contributed by atoms with E-state index >= 15 is 0 Å². The van der Waals surface area contributed by atoms with E-state index in [4.69, 9.17) is 4.74 Å². The number of ether oxygens (including phenoxy) is 1. The van der Waals surface area contributed by atoms with Gasteiger partial charge in [-0.15, -0.1) is 0 Å². The maximum Gasteiger partial charge on any atom is 0.163 e. The summed E-state index contributed by atoms with van der Waals surface area (Å²) >= 11 is 0. The van der Waals surface area contributed by atoms with Crippen LogP contribution in [-0.4, -0.2) is 37.2 Å². The number of benzene rings is 1. The van der Waals surface area contributed by atoms with Crippen molar-refractivity contribution in [1.82, 2.24) is 0 Å². The number of phenolic OH excluding ortho intramolecular Hbond substituents is 1. The molecule has 1 heterocycles. The summed E-state index contributed by atoms with van der Waals surface area (Å²) in [5.74, 6) is -0.0684. The normalized spacial score (nSPS) is 19.6. The van der Waals surface area contributed by atoms with Crippen LogP contribution in [-0.2, 0) is 4.74 Å². The molecule has 0 spiro atoms. The highest BCUT2D eigenvalue weighted by Gasteiger charge is 2.22. The molecular weight excluding hydrogens is 218 g/mol. The number of methoxy groups -OCH3 is 1. The molecule has 1 aromatic rings. The highest BCUT2D eigenvalue weighted by molar-refractivity contribution is 5.97. The molecule has 0 amide bonds. The monoisotopic (exact) mass is 235 g/mol. The molecule has 4 nitrogen and oxygen atoms in total. The third kappa shape index (κ3) is 2.42. The molecule has 1 aliphatic rings. The zero-order chi connectivity index (χ0) is 12.4. The Hall–Kier alpha value is -1.55. The quantitative estimate of drug-likeness (QED) is 0.812. The van der Waals surface area contributed by atoms with Crippen molar-refractivity contribution in [3.63, 3.8) is 0 Å². The Morgan fingerprint density at radius 2 is 2.29 bits per heavy atom. The first-order chi connectivity index (χ1) is 8.11. The topological polar surface area (TPSA) is 49.8 Å². The van der Waals surface area contributed by atoms with Crippen LogP contribution in [0.1, 0.15) is 23.7 Å². The van der Waals surface area contributed by atoms with Crippen LogP contribution in [0, 0.1) is 0 Å². The second kappa shape index (κ2) is 4.75. The number of phenols is 1. The average Bonchev–Trinajstić information content (AvgIpc) is 2.76. The van der Waals surface area contributed by atoms with Crippen LogP contribution in [0.2, 0.25) is 0 Å². The van der Waals surface area contributed by atoms with Crippen molar-refractivity contribution in [2.75, 3.05) is 25.1 Å². The van der Waals surface area contributed by atoms with Crippen molar-refractivity contribution in [3.8, 4) is 5.75 Å². The van der Waals surface area contributed by atoms with Gasteiger partial charge >= 0.3 is 0 Å². The number of Topliss-reactive ketones (excluding diaryl/α,β-unsaturated/α-hetero) is 1. The summed E-state index contributed by atoms with van der Waals surface area (Å²) < 4.78 is 5.30. The minimum atomic E-state index is -0.120. The second-order valence-corrected chi connectivity index (χ2v) is 4.35. The van der Waals surface area contributed by atoms with Gasteiger partial charge in [-0.25, -0.2) is 0 Å². The Bertz CT molecular complexity index is 431. The van der Waals surface area contributed by atoms with Crippen LogP contribution in [0.5, 0.6) is 5.75 Å². The fraction of sp³-hybridized carbons (Fsp3) is 0.462. The summed E-state index contributed by atoms with van der Waals surface area (Å²) in [7, 11) is 1.71. The summed E-state index contributed by atoms with van der Waals surface area (Å²) in [5.41, 5.74) is 1.31. The van der Waals surface area contributed by atoms with Crippen molar-refractivity contribution in [2.45, 2.75) is 19.4 Å². The van der Waals surface area contributed by atoms with E-state index in [0.29, 0.717) is 5.56 Å². The van der Waals surface area contributed by atoms with Gasteiger partial charge in [0.1, 0.15) is 5.75 Å². The first-order valence-corrected chi connectivity index (χ1v) is 5.73. The van der Waals surface area contributed by atoms with E-state index in [2.05, 4.69) is 4.90 Å². The van der Waals surface area contributed by atoms with E-state index in [1.165, 1.54) is 6.92 Å². The minimum Gasteiger partial charge on any atom is -0.507 e. The highest BCUT2D eigenvalue weighted by Crippen LogP contribution is 2.27. The Kier molecular flexibility index (Phi) is 3.33. The fourth-order valence-corrected chi connectivity index (χ4v) is 2.17. The lowest BCUT2D eigenvalue weighted by Crippen LogP contribution is -2.22. The van der Waals surface area contributed by atoms with Gasteiger partial charge in [0, 0.05) is 32.0 Å². The number of ketones is 1. The number of hydrogen-bond acceptors (Lipinski definition) is 4. The first-order valence-electron chi connectivity index (χ1n) is 5.73. The van der Waals surface area contributed by atoms with Gasteiger partial charge in [-0.1, -0.05) is 0 Å². The number of aromatic hydroxyl groups is 1. The molecule has 2 rings (SSSR count). The molecule has 1 fully saturated rings. The lowest BCUT2D eigenvalue weighted by Gasteiger charge is -2.19. The number of rotatable bonds is 3. The van der Waals surface area contributed by atoms with E-state index in [9.17, 15) is 9.90 Å². The van der Waals surface area contributed by atoms with E-state index in [-0.39, 0.29) is 17.6 Å². The molecule has 1 unspecified atom stereocenters. The average molecular weight is 235 g/mol. The Morgan fingerprint density at radius 1 is 1.53 bits per heavy atom. The molecule has 92 valence electrons. The predicted octanol–water partition coefficient (Wildman–Crippen LogP) is 1.82. The van der Waals surface area contributed by atoms with Gasteiger partial charge in [-0.05, 0) is 25.5 Å². The minimum absolute atomic E-state index is 0.0517. The lowest BCUT2D eigenvalue weighted by atomic mass is 10.1. The third-order valence-electron chi connectivity index (χ3n) is 3.20. The van der Waals surface area contributed by atoms with Crippen LogP contribution in [0.25, 0.3) is 0 Å². The van der Waals surface area contributed by atoms with E-state index in [1.54, 1.807) is 19.2 Å². The molecule has 0 bridgehead atoms. The van der Waals surface area contributed by atoms with Crippen molar-refractivity contribution >= 4 is 11.5 Å². The van der Waals surface area contributed by atoms with Crippen LogP contribution >= 0.6 is 0 Å². The van der Waals surface area contributed by atoms with Gasteiger partial charge in [-0.3, -0.25) is 4.79 Å². The SMILES string of the molecule is COC1CCN(c2ccc(C(C)=O)c(O)c2)C1. The summed E-state index contributed by atoms with van der Waals surface area (Å²) in [4.78, 5) is 13.4. The highest BCUT2D eigenvalue weighted by atomic mass is 16.5. The molecule has 0 aromatic heterocycles. The predicted molar refractivity (Wildman–Crippen MR) is 65.7 cm³/mol. The van der Waals surface area contributed by atoms with Gasteiger partial charge < -0.3 is 14.7 Å². The molecular formula is C13H17NO3. The molecule has 0 radical (unpaired) electrons. The van der Waals surface area contributed by atoms with Crippen LogP contribution in [0.15, 0.2) is 18.2 Å². The van der Waals surface area contributed by atoms with Crippen LogP contribution in [0.4, 0.5) is 5.69 Å². The lowest BCUT2D eigenvalue weighted by molar-refractivity contribution is 0.101. The van der Waals surface area contributed by atoms with Gasteiger partial charge in [-0.2, -0.15) is 0 Å². The smallest absolute Gasteiger partial charge is 0.163 e. The Balaban J connectivity index is 2.18. The number of carbonyl (C=O) groups excluding carboxylic acids is 1. The number of hydrogen-bond donors (Lipinski definition) is 1. The standard InChI is InChI=1S/C13H17NO3/c1-9(15)12-4-3-10(7-13(12)16)14-6-5-11(8-14)17-2/h3-4,7,11,16H,5-6,8H2,1-2H3. The van der Waals surface area contributed by atoms with Crippen LogP contribution in [0.3, 0.4) is 0 Å². The summed E-state index contributed by atoms with van der Waals surface area (Å²) in [6.07, 6.45) is 1.25. The molecule has 1 N–H and O–H groups in total. The fourth-order valence-electron chi connectivity index (χ4n) is 2.17. The van der Waals surface area contributed by atoms with Gasteiger partial charge in [0.2, 0.25) is 0 Å². The Labute approximate surface area is 101 Å². The van der Waals surface area contributed by atoms with Gasteiger partial charge in [0.15, 0.2) is 5.78 Å².